The van der Waals surface area contributed by atoms with E-state index in [1.165, 1.54) is 8.71 Å². The zero-order valence-electron chi connectivity index (χ0n) is 14.2. The lowest BCUT2D eigenvalue weighted by Gasteiger charge is -2.33. The van der Waals surface area contributed by atoms with E-state index in [4.69, 9.17) is 11.6 Å². The molecule has 0 N–H and O–H groups in total. The molecule has 140 valence electrons. The molecule has 3 aromatic rings. The van der Waals surface area contributed by atoms with Crippen LogP contribution in [0.2, 0.25) is 5.15 Å². The number of fused-ring (bicyclic) bond motifs is 1. The summed E-state index contributed by atoms with van der Waals surface area (Å²) < 4.78 is 29.0. The normalized spacial score (nSPS) is 16.0. The average molecular weight is 406 g/mol. The smallest absolute Gasteiger partial charge is 0.262 e. The highest BCUT2D eigenvalue weighted by Crippen LogP contribution is 2.26. The number of carbonyl (C=O) groups excluding carboxylic acids is 1. The maximum Gasteiger partial charge on any atom is 0.262 e. The minimum absolute atomic E-state index is 0.0475. The van der Waals surface area contributed by atoms with E-state index < -0.39 is 10.0 Å². The summed E-state index contributed by atoms with van der Waals surface area (Å²) in [6, 6.07) is 8.46. The van der Waals surface area contributed by atoms with Crippen molar-refractivity contribution >= 4 is 33.2 Å². The van der Waals surface area contributed by atoms with E-state index in [2.05, 4.69) is 9.97 Å². The van der Waals surface area contributed by atoms with Gasteiger partial charge in [-0.15, -0.1) is 0 Å². The maximum atomic E-state index is 13.1. The number of pyridine rings is 2. The van der Waals surface area contributed by atoms with Crippen molar-refractivity contribution in [2.45, 2.75) is 5.03 Å². The van der Waals surface area contributed by atoms with Crippen LogP contribution in [0.25, 0.3) is 5.65 Å². The molecule has 1 aliphatic rings. The molecule has 10 heteroatoms. The number of sulfonamides is 1. The summed E-state index contributed by atoms with van der Waals surface area (Å²) in [6.45, 7) is 0.981. The van der Waals surface area contributed by atoms with Crippen LogP contribution in [0.3, 0.4) is 0 Å². The third-order valence-electron chi connectivity index (χ3n) is 4.48. The number of amides is 1. The van der Waals surface area contributed by atoms with Crippen molar-refractivity contribution in [3.63, 3.8) is 0 Å². The van der Waals surface area contributed by atoms with Gasteiger partial charge < -0.3 is 4.90 Å². The molecule has 1 aliphatic heterocycles. The number of nitrogens with zero attached hydrogens (tertiary/aromatic N) is 5. The standard InChI is InChI=1S/C17H16ClN5O3S/c18-15-17(23-8-2-1-3-14(23)20-15)27(25,26)22-11-9-21(10-12-22)16(24)13-4-6-19-7-5-13/h1-8H,9-12H2. The Bertz CT molecular complexity index is 1090. The lowest BCUT2D eigenvalue weighted by Crippen LogP contribution is -2.50. The molecule has 4 rings (SSSR count). The molecule has 1 saturated heterocycles. The fourth-order valence-electron chi connectivity index (χ4n) is 3.11. The Balaban J connectivity index is 1.55. The molecule has 1 fully saturated rings. The molecule has 0 bridgehead atoms. The van der Waals surface area contributed by atoms with Gasteiger partial charge in [-0.3, -0.25) is 14.2 Å². The minimum atomic E-state index is -3.84. The predicted octanol–water partition coefficient (Wildman–Crippen LogP) is 1.53. The Labute approximate surface area is 161 Å². The Morgan fingerprint density at radius 2 is 1.74 bits per heavy atom. The van der Waals surface area contributed by atoms with Crippen molar-refractivity contribution in [1.82, 2.24) is 23.6 Å². The minimum Gasteiger partial charge on any atom is -0.336 e. The number of aromatic nitrogens is 3. The molecular weight excluding hydrogens is 390 g/mol. The fraction of sp³-hybridized carbons (Fsp3) is 0.235. The topological polar surface area (TPSA) is 87.9 Å². The highest BCUT2D eigenvalue weighted by atomic mass is 35.5. The van der Waals surface area contributed by atoms with E-state index in [0.29, 0.717) is 24.3 Å². The van der Waals surface area contributed by atoms with Crippen molar-refractivity contribution in [1.29, 1.82) is 0 Å². The molecule has 3 aromatic heterocycles. The predicted molar refractivity (Wildman–Crippen MR) is 99.1 cm³/mol. The van der Waals surface area contributed by atoms with Gasteiger partial charge in [0.15, 0.2) is 10.2 Å². The average Bonchev–Trinajstić information content (AvgIpc) is 3.04. The number of hydrogen-bond donors (Lipinski definition) is 0. The second-order valence-corrected chi connectivity index (χ2v) is 8.28. The first-order valence-corrected chi connectivity index (χ1v) is 10.1. The molecule has 0 saturated carbocycles. The Hall–Kier alpha value is -2.49. The van der Waals surface area contributed by atoms with Crippen LogP contribution in [0, 0.1) is 0 Å². The van der Waals surface area contributed by atoms with E-state index >= 15 is 0 Å². The number of piperazine rings is 1. The van der Waals surface area contributed by atoms with Crippen LogP contribution in [-0.4, -0.2) is 64.1 Å². The molecule has 1 amide bonds. The highest BCUT2D eigenvalue weighted by molar-refractivity contribution is 7.89. The lowest BCUT2D eigenvalue weighted by atomic mass is 10.2. The van der Waals surface area contributed by atoms with E-state index in [9.17, 15) is 13.2 Å². The van der Waals surface area contributed by atoms with Gasteiger partial charge in [0.05, 0.1) is 0 Å². The summed E-state index contributed by atoms with van der Waals surface area (Å²) in [5.74, 6) is -0.137. The Morgan fingerprint density at radius 3 is 2.44 bits per heavy atom. The van der Waals surface area contributed by atoms with Gasteiger partial charge in [-0.05, 0) is 24.3 Å². The van der Waals surface area contributed by atoms with Crippen molar-refractivity contribution < 1.29 is 13.2 Å². The summed E-state index contributed by atoms with van der Waals surface area (Å²) in [4.78, 5) is 22.2. The number of halogens is 1. The molecule has 0 aliphatic carbocycles. The SMILES string of the molecule is O=C(c1ccncc1)N1CCN(S(=O)(=O)c2c(Cl)nc3ccccn23)CC1. The first kappa shape index (κ1) is 17.9. The van der Waals surface area contributed by atoms with Crippen LogP contribution in [0.5, 0.6) is 0 Å². The highest BCUT2D eigenvalue weighted by Gasteiger charge is 2.34. The van der Waals surface area contributed by atoms with Crippen LogP contribution in [0.1, 0.15) is 10.4 Å². The first-order valence-electron chi connectivity index (χ1n) is 8.30. The van der Waals surface area contributed by atoms with Crippen LogP contribution < -0.4 is 0 Å². The summed E-state index contributed by atoms with van der Waals surface area (Å²) in [5, 5.41) is -0.106. The van der Waals surface area contributed by atoms with E-state index in [1.54, 1.807) is 53.8 Å². The van der Waals surface area contributed by atoms with Gasteiger partial charge in [-0.2, -0.15) is 4.31 Å². The molecule has 27 heavy (non-hydrogen) atoms. The first-order chi connectivity index (χ1) is 13.0. The van der Waals surface area contributed by atoms with E-state index in [-0.39, 0.29) is 29.2 Å². The molecule has 0 unspecified atom stereocenters. The molecule has 0 atom stereocenters. The number of rotatable bonds is 3. The van der Waals surface area contributed by atoms with Crippen LogP contribution >= 0.6 is 11.6 Å². The molecular formula is C17H16ClN5O3S. The fourth-order valence-corrected chi connectivity index (χ4v) is 5.13. The van der Waals surface area contributed by atoms with Gasteiger partial charge in [0.2, 0.25) is 0 Å². The maximum absolute atomic E-state index is 13.1. The molecule has 8 nitrogen and oxygen atoms in total. The van der Waals surface area contributed by atoms with Gasteiger partial charge >= 0.3 is 0 Å². The monoisotopic (exact) mass is 405 g/mol. The lowest BCUT2D eigenvalue weighted by molar-refractivity contribution is 0.0697. The molecule has 0 aromatic carbocycles. The van der Waals surface area contributed by atoms with Gasteiger partial charge in [-0.25, -0.2) is 13.4 Å². The third kappa shape index (κ3) is 3.18. The molecule has 4 heterocycles. The second-order valence-electron chi connectivity index (χ2n) is 6.07. The van der Waals surface area contributed by atoms with Crippen LogP contribution in [-0.2, 0) is 10.0 Å². The number of carbonyl (C=O) groups is 1. The van der Waals surface area contributed by atoms with Crippen LogP contribution in [0.4, 0.5) is 0 Å². The summed E-state index contributed by atoms with van der Waals surface area (Å²) >= 11 is 6.12. The van der Waals surface area contributed by atoms with Crippen molar-refractivity contribution in [3.8, 4) is 0 Å². The van der Waals surface area contributed by atoms with Gasteiger partial charge in [0.1, 0.15) is 5.65 Å². The summed E-state index contributed by atoms with van der Waals surface area (Å²) in [7, 11) is -3.84. The second kappa shape index (κ2) is 6.91. The molecule has 0 radical (unpaired) electrons. The van der Waals surface area contributed by atoms with Crippen molar-refractivity contribution in [3.05, 3.63) is 59.6 Å². The van der Waals surface area contributed by atoms with Crippen molar-refractivity contribution in [2.75, 3.05) is 26.2 Å². The zero-order valence-corrected chi connectivity index (χ0v) is 15.8. The van der Waals surface area contributed by atoms with Crippen LogP contribution in [0.15, 0.2) is 53.9 Å². The summed E-state index contributed by atoms with van der Waals surface area (Å²) in [5.41, 5.74) is 0.999. The molecule has 0 spiro atoms. The van der Waals surface area contributed by atoms with E-state index in [1.807, 2.05) is 0 Å². The third-order valence-corrected chi connectivity index (χ3v) is 6.78. The van der Waals surface area contributed by atoms with E-state index in [0.717, 1.165) is 0 Å². The Kier molecular flexibility index (Phi) is 4.58. The quantitative estimate of drug-likeness (QED) is 0.659. The van der Waals surface area contributed by atoms with Crippen molar-refractivity contribution in [2.24, 2.45) is 0 Å². The summed E-state index contributed by atoms with van der Waals surface area (Å²) in [6.07, 6.45) is 4.73. The number of hydrogen-bond acceptors (Lipinski definition) is 5. The van der Waals surface area contributed by atoms with Gasteiger partial charge in [0, 0.05) is 50.3 Å². The zero-order chi connectivity index (χ0) is 19.0. The van der Waals surface area contributed by atoms with Gasteiger partial charge in [0.25, 0.3) is 15.9 Å². The number of imidazole rings is 1. The Morgan fingerprint density at radius 1 is 1.04 bits per heavy atom. The van der Waals surface area contributed by atoms with Gasteiger partial charge in [-0.1, -0.05) is 17.7 Å². The largest absolute Gasteiger partial charge is 0.336 e.